The largest absolute Gasteiger partial charge is 0.508 e. The first-order valence-corrected chi connectivity index (χ1v) is 5.87. The number of thioether (sulfide) groups is 1. The minimum atomic E-state index is 0.322. The van der Waals surface area contributed by atoms with Crippen LogP contribution < -0.4 is 0 Å². The molecule has 2 rings (SSSR count). The Kier molecular flexibility index (Phi) is 5.50. The lowest BCUT2D eigenvalue weighted by atomic mass is 10.3. The van der Waals surface area contributed by atoms with Gasteiger partial charge in [0, 0.05) is 0 Å². The van der Waals surface area contributed by atoms with Crippen molar-refractivity contribution in [1.29, 1.82) is 0 Å². The van der Waals surface area contributed by atoms with Gasteiger partial charge in [-0.05, 0) is 36.5 Å². The number of phenolic OH excluding ortho intramolecular Hbond substituents is 1. The van der Waals surface area contributed by atoms with Crippen molar-refractivity contribution in [2.24, 2.45) is 0 Å². The highest BCUT2D eigenvalue weighted by Crippen LogP contribution is 2.14. The summed E-state index contributed by atoms with van der Waals surface area (Å²) in [5.41, 5.74) is 0. The van der Waals surface area contributed by atoms with Crippen LogP contribution in [-0.4, -0.2) is 16.6 Å². The minimum Gasteiger partial charge on any atom is -0.508 e. The molecule has 0 radical (unpaired) electrons. The number of para-hydroxylation sites is 1. The van der Waals surface area contributed by atoms with Gasteiger partial charge in [-0.2, -0.15) is 11.8 Å². The Morgan fingerprint density at radius 2 is 1.54 bits per heavy atom. The van der Waals surface area contributed by atoms with E-state index in [0.29, 0.717) is 5.75 Å². The molecule has 2 heteroatoms. The summed E-state index contributed by atoms with van der Waals surface area (Å²) >= 11 is 2.09. The highest BCUT2D eigenvalue weighted by Gasteiger charge is 1.95. The molecule has 0 bridgehead atoms. The molecule has 1 N–H and O–H groups in total. The summed E-state index contributed by atoms with van der Waals surface area (Å²) in [4.78, 5) is 0. The molecule has 1 heterocycles. The first-order valence-electron chi connectivity index (χ1n) is 4.71. The maximum absolute atomic E-state index is 8.63. The monoisotopic (exact) mass is 196 g/mol. The van der Waals surface area contributed by atoms with E-state index in [9.17, 15) is 0 Å². The zero-order valence-electron chi connectivity index (χ0n) is 7.78. The summed E-state index contributed by atoms with van der Waals surface area (Å²) in [6, 6.07) is 8.71. The lowest BCUT2D eigenvalue weighted by molar-refractivity contribution is 0.475. The molecular weight excluding hydrogens is 180 g/mol. The molecule has 0 atom stereocenters. The Hall–Kier alpha value is -0.630. The van der Waals surface area contributed by atoms with Crippen LogP contribution in [0.15, 0.2) is 30.3 Å². The summed E-state index contributed by atoms with van der Waals surface area (Å²) < 4.78 is 0. The number of hydrogen-bond donors (Lipinski definition) is 1. The predicted octanol–water partition coefficient (Wildman–Crippen LogP) is 3.30. The number of rotatable bonds is 0. The van der Waals surface area contributed by atoms with Gasteiger partial charge in [0.2, 0.25) is 0 Å². The van der Waals surface area contributed by atoms with Crippen molar-refractivity contribution < 1.29 is 5.11 Å². The first-order chi connectivity index (χ1) is 6.39. The number of aromatic hydroxyl groups is 1. The SMILES string of the molecule is C1CCSCC1.Oc1ccccc1. The molecule has 0 saturated carbocycles. The van der Waals surface area contributed by atoms with Crippen molar-refractivity contribution in [3.05, 3.63) is 30.3 Å². The topological polar surface area (TPSA) is 20.2 Å². The molecule has 0 aliphatic carbocycles. The van der Waals surface area contributed by atoms with Gasteiger partial charge in [-0.25, -0.2) is 0 Å². The van der Waals surface area contributed by atoms with Gasteiger partial charge in [0.15, 0.2) is 0 Å². The summed E-state index contributed by atoms with van der Waals surface area (Å²) in [5, 5.41) is 8.63. The van der Waals surface area contributed by atoms with Crippen LogP contribution in [0.1, 0.15) is 19.3 Å². The molecule has 1 saturated heterocycles. The average molecular weight is 196 g/mol. The van der Waals surface area contributed by atoms with Gasteiger partial charge in [0.05, 0.1) is 0 Å². The van der Waals surface area contributed by atoms with Gasteiger partial charge in [0.1, 0.15) is 5.75 Å². The molecule has 1 aromatic rings. The average Bonchev–Trinajstić information content (AvgIpc) is 2.22. The Bertz CT molecular complexity index is 195. The second kappa shape index (κ2) is 6.84. The Morgan fingerprint density at radius 3 is 1.77 bits per heavy atom. The minimum absolute atomic E-state index is 0.322. The van der Waals surface area contributed by atoms with Crippen LogP contribution in [0.25, 0.3) is 0 Å². The van der Waals surface area contributed by atoms with Gasteiger partial charge in [-0.15, -0.1) is 0 Å². The van der Waals surface area contributed by atoms with Gasteiger partial charge >= 0.3 is 0 Å². The first kappa shape index (κ1) is 10.5. The van der Waals surface area contributed by atoms with Gasteiger partial charge in [0.25, 0.3) is 0 Å². The van der Waals surface area contributed by atoms with E-state index in [1.54, 1.807) is 24.3 Å². The van der Waals surface area contributed by atoms with Crippen LogP contribution in [0.3, 0.4) is 0 Å². The zero-order valence-corrected chi connectivity index (χ0v) is 8.59. The van der Waals surface area contributed by atoms with E-state index in [1.807, 2.05) is 6.07 Å². The summed E-state index contributed by atoms with van der Waals surface area (Å²) in [6.45, 7) is 0. The Balaban J connectivity index is 0.000000132. The highest BCUT2D eigenvalue weighted by molar-refractivity contribution is 7.99. The molecule has 0 spiro atoms. The quantitative estimate of drug-likeness (QED) is 0.687. The third-order valence-corrected chi connectivity index (χ3v) is 2.99. The molecular formula is C11H16OS. The molecule has 1 nitrogen and oxygen atoms in total. The Morgan fingerprint density at radius 1 is 0.923 bits per heavy atom. The fourth-order valence-electron chi connectivity index (χ4n) is 1.12. The maximum Gasteiger partial charge on any atom is 0.115 e. The van der Waals surface area contributed by atoms with Crippen molar-refractivity contribution in [1.82, 2.24) is 0 Å². The Labute approximate surface area is 84.2 Å². The maximum atomic E-state index is 8.63. The number of phenols is 1. The third kappa shape index (κ3) is 5.58. The van der Waals surface area contributed by atoms with Crippen molar-refractivity contribution in [2.75, 3.05) is 11.5 Å². The second-order valence-corrected chi connectivity index (χ2v) is 4.23. The number of benzene rings is 1. The molecule has 1 aliphatic rings. The lowest BCUT2D eigenvalue weighted by Crippen LogP contribution is -1.91. The molecule has 72 valence electrons. The molecule has 0 amide bonds. The van der Waals surface area contributed by atoms with E-state index in [2.05, 4.69) is 11.8 Å². The number of hydrogen-bond acceptors (Lipinski definition) is 2. The molecule has 0 aromatic heterocycles. The second-order valence-electron chi connectivity index (χ2n) is 3.01. The van der Waals surface area contributed by atoms with Crippen LogP contribution in [-0.2, 0) is 0 Å². The van der Waals surface area contributed by atoms with E-state index >= 15 is 0 Å². The van der Waals surface area contributed by atoms with Gasteiger partial charge in [-0.3, -0.25) is 0 Å². The van der Waals surface area contributed by atoms with Gasteiger partial charge in [-0.1, -0.05) is 24.6 Å². The van der Waals surface area contributed by atoms with E-state index in [-0.39, 0.29) is 0 Å². The van der Waals surface area contributed by atoms with Crippen molar-refractivity contribution in [3.63, 3.8) is 0 Å². The van der Waals surface area contributed by atoms with Crippen LogP contribution in [0.2, 0.25) is 0 Å². The third-order valence-electron chi connectivity index (χ3n) is 1.83. The fourth-order valence-corrected chi connectivity index (χ4v) is 2.14. The summed E-state index contributed by atoms with van der Waals surface area (Å²) in [6.07, 6.45) is 4.41. The zero-order chi connectivity index (χ0) is 9.36. The van der Waals surface area contributed by atoms with Crippen molar-refractivity contribution in [2.45, 2.75) is 19.3 Å². The van der Waals surface area contributed by atoms with E-state index in [4.69, 9.17) is 5.11 Å². The van der Waals surface area contributed by atoms with E-state index in [1.165, 1.54) is 30.8 Å². The standard InChI is InChI=1S/C6H6O.C5H10S/c7-6-4-2-1-3-5-6;1-2-4-6-5-3-1/h1-5,7H;1-5H2. The van der Waals surface area contributed by atoms with Crippen LogP contribution in [0.5, 0.6) is 5.75 Å². The molecule has 13 heavy (non-hydrogen) atoms. The van der Waals surface area contributed by atoms with Crippen LogP contribution in [0.4, 0.5) is 0 Å². The lowest BCUT2D eigenvalue weighted by Gasteiger charge is -2.05. The van der Waals surface area contributed by atoms with Crippen LogP contribution >= 0.6 is 11.8 Å². The van der Waals surface area contributed by atoms with E-state index in [0.717, 1.165) is 0 Å². The predicted molar refractivity (Wildman–Crippen MR) is 59.3 cm³/mol. The molecule has 1 fully saturated rings. The summed E-state index contributed by atoms with van der Waals surface area (Å²) in [5.74, 6) is 3.16. The smallest absolute Gasteiger partial charge is 0.115 e. The normalized spacial score (nSPS) is 15.7. The fraction of sp³-hybridized carbons (Fsp3) is 0.455. The van der Waals surface area contributed by atoms with Crippen molar-refractivity contribution in [3.8, 4) is 5.75 Å². The highest BCUT2D eigenvalue weighted by atomic mass is 32.2. The molecule has 1 aliphatic heterocycles. The van der Waals surface area contributed by atoms with Gasteiger partial charge < -0.3 is 5.11 Å². The van der Waals surface area contributed by atoms with Crippen molar-refractivity contribution >= 4 is 11.8 Å². The molecule has 1 aromatic carbocycles. The summed E-state index contributed by atoms with van der Waals surface area (Å²) in [7, 11) is 0. The van der Waals surface area contributed by atoms with Crippen LogP contribution in [0, 0.1) is 0 Å². The molecule has 0 unspecified atom stereocenters. The van der Waals surface area contributed by atoms with E-state index < -0.39 is 0 Å².